The number of alkyl carbamates (subject to hydrolysis) is 1. The standard InChI is InChI=1S/C9H7BrClNO2/c10-6-3-5(1-2-7(6)11)8-4-14-9(13)12-8/h1-3,8H,4H2,(H,12,13)/t8-/m1/s1. The van der Waals surface area contributed by atoms with Gasteiger partial charge in [-0.2, -0.15) is 0 Å². The molecule has 0 saturated carbocycles. The number of amides is 1. The number of rotatable bonds is 1. The Bertz CT molecular complexity index is 383. The summed E-state index contributed by atoms with van der Waals surface area (Å²) in [6, 6.07) is 5.45. The van der Waals surface area contributed by atoms with Crippen LogP contribution >= 0.6 is 27.5 Å². The molecule has 1 saturated heterocycles. The fraction of sp³-hybridized carbons (Fsp3) is 0.222. The zero-order valence-electron chi connectivity index (χ0n) is 7.09. The summed E-state index contributed by atoms with van der Waals surface area (Å²) in [6.07, 6.45) is -0.374. The molecule has 1 N–H and O–H groups in total. The molecule has 0 aromatic heterocycles. The van der Waals surface area contributed by atoms with E-state index in [0.717, 1.165) is 10.0 Å². The van der Waals surface area contributed by atoms with E-state index in [0.29, 0.717) is 11.6 Å². The SMILES string of the molecule is O=C1N[C@@H](c2ccc(Cl)c(Br)c2)CO1. The summed E-state index contributed by atoms with van der Waals surface area (Å²) < 4.78 is 5.61. The maximum absolute atomic E-state index is 10.8. The van der Waals surface area contributed by atoms with Crippen molar-refractivity contribution in [2.45, 2.75) is 6.04 Å². The lowest BCUT2D eigenvalue weighted by Gasteiger charge is -2.08. The van der Waals surface area contributed by atoms with Gasteiger partial charge in [0.05, 0.1) is 11.1 Å². The molecular formula is C9H7BrClNO2. The van der Waals surface area contributed by atoms with Gasteiger partial charge in [0.15, 0.2) is 0 Å². The van der Waals surface area contributed by atoms with Gasteiger partial charge in [-0.3, -0.25) is 0 Å². The quantitative estimate of drug-likeness (QED) is 0.856. The first-order chi connectivity index (χ1) is 6.66. The van der Waals surface area contributed by atoms with Crippen molar-refractivity contribution >= 4 is 33.6 Å². The third kappa shape index (κ3) is 1.86. The van der Waals surface area contributed by atoms with Crippen LogP contribution in [0.2, 0.25) is 5.02 Å². The number of benzene rings is 1. The molecule has 1 fully saturated rings. The number of carbonyl (C=O) groups is 1. The Hall–Kier alpha value is -0.740. The number of ether oxygens (including phenoxy) is 1. The molecule has 74 valence electrons. The molecule has 0 unspecified atom stereocenters. The minimum atomic E-state index is -0.374. The van der Waals surface area contributed by atoms with Gasteiger partial charge in [-0.1, -0.05) is 17.7 Å². The van der Waals surface area contributed by atoms with Crippen LogP contribution in [-0.4, -0.2) is 12.7 Å². The summed E-state index contributed by atoms with van der Waals surface area (Å²) in [7, 11) is 0. The first-order valence-corrected chi connectivity index (χ1v) is 5.22. The molecule has 1 atom stereocenters. The smallest absolute Gasteiger partial charge is 0.407 e. The zero-order chi connectivity index (χ0) is 10.1. The van der Waals surface area contributed by atoms with Gasteiger partial charge in [0.1, 0.15) is 6.61 Å². The van der Waals surface area contributed by atoms with Crippen molar-refractivity contribution in [2.24, 2.45) is 0 Å². The van der Waals surface area contributed by atoms with E-state index in [9.17, 15) is 4.79 Å². The largest absolute Gasteiger partial charge is 0.447 e. The summed E-state index contributed by atoms with van der Waals surface area (Å²) in [5.41, 5.74) is 0.979. The minimum Gasteiger partial charge on any atom is -0.447 e. The second-order valence-electron chi connectivity index (χ2n) is 2.97. The summed E-state index contributed by atoms with van der Waals surface area (Å²) in [6.45, 7) is 0.368. The van der Waals surface area contributed by atoms with Crippen LogP contribution in [0.1, 0.15) is 11.6 Å². The van der Waals surface area contributed by atoms with Crippen molar-refractivity contribution in [1.82, 2.24) is 5.32 Å². The van der Waals surface area contributed by atoms with Crippen molar-refractivity contribution in [3.63, 3.8) is 0 Å². The number of carbonyl (C=O) groups excluding carboxylic acids is 1. The zero-order valence-corrected chi connectivity index (χ0v) is 9.43. The molecule has 1 aromatic carbocycles. The van der Waals surface area contributed by atoms with Crippen LogP contribution in [0.3, 0.4) is 0 Å². The van der Waals surface area contributed by atoms with Crippen molar-refractivity contribution < 1.29 is 9.53 Å². The molecule has 1 aromatic rings. The lowest BCUT2D eigenvalue weighted by atomic mass is 10.1. The molecule has 3 nitrogen and oxygen atoms in total. The van der Waals surface area contributed by atoms with Gasteiger partial charge < -0.3 is 10.1 Å². The van der Waals surface area contributed by atoms with Crippen LogP contribution in [0.25, 0.3) is 0 Å². The summed E-state index contributed by atoms with van der Waals surface area (Å²) in [5, 5.41) is 3.34. The number of nitrogens with one attached hydrogen (secondary N) is 1. The van der Waals surface area contributed by atoms with Gasteiger partial charge in [0, 0.05) is 4.47 Å². The Balaban J connectivity index is 2.24. The Morgan fingerprint density at radius 1 is 1.57 bits per heavy atom. The summed E-state index contributed by atoms with van der Waals surface area (Å²) >= 11 is 9.17. The Morgan fingerprint density at radius 3 is 2.93 bits per heavy atom. The van der Waals surface area contributed by atoms with Gasteiger partial charge in [-0.15, -0.1) is 0 Å². The van der Waals surface area contributed by atoms with E-state index in [1.807, 2.05) is 12.1 Å². The van der Waals surface area contributed by atoms with Crippen molar-refractivity contribution in [3.8, 4) is 0 Å². The van der Waals surface area contributed by atoms with Crippen LogP contribution in [-0.2, 0) is 4.74 Å². The average molecular weight is 277 g/mol. The number of hydrogen-bond donors (Lipinski definition) is 1. The van der Waals surface area contributed by atoms with Crippen molar-refractivity contribution in [2.75, 3.05) is 6.61 Å². The highest BCUT2D eigenvalue weighted by Gasteiger charge is 2.23. The van der Waals surface area contributed by atoms with Crippen molar-refractivity contribution in [3.05, 3.63) is 33.3 Å². The summed E-state index contributed by atoms with van der Waals surface area (Å²) in [4.78, 5) is 10.8. The molecule has 0 radical (unpaired) electrons. The molecular weight excluding hydrogens is 269 g/mol. The molecule has 1 heterocycles. The van der Waals surface area contributed by atoms with Gasteiger partial charge in [0.2, 0.25) is 0 Å². The van der Waals surface area contributed by atoms with E-state index in [1.54, 1.807) is 6.07 Å². The Morgan fingerprint density at radius 2 is 2.36 bits per heavy atom. The second kappa shape index (κ2) is 3.79. The molecule has 0 aliphatic carbocycles. The maximum atomic E-state index is 10.8. The topological polar surface area (TPSA) is 38.3 Å². The third-order valence-electron chi connectivity index (χ3n) is 2.02. The van der Waals surface area contributed by atoms with E-state index >= 15 is 0 Å². The van der Waals surface area contributed by atoms with E-state index < -0.39 is 0 Å². The number of halogens is 2. The van der Waals surface area contributed by atoms with E-state index in [-0.39, 0.29) is 12.1 Å². The number of cyclic esters (lactones) is 1. The highest BCUT2D eigenvalue weighted by atomic mass is 79.9. The molecule has 0 bridgehead atoms. The van der Waals surface area contributed by atoms with E-state index in [4.69, 9.17) is 16.3 Å². The first kappa shape index (κ1) is 9.80. The first-order valence-electron chi connectivity index (χ1n) is 4.05. The predicted octanol–water partition coefficient (Wildman–Crippen LogP) is 2.88. The van der Waals surface area contributed by atoms with Gasteiger partial charge in [-0.05, 0) is 33.6 Å². The average Bonchev–Trinajstić information content (AvgIpc) is 2.57. The molecule has 1 aliphatic rings. The molecule has 0 spiro atoms. The maximum Gasteiger partial charge on any atom is 0.407 e. The predicted molar refractivity (Wildman–Crippen MR) is 56.4 cm³/mol. The highest BCUT2D eigenvalue weighted by molar-refractivity contribution is 9.10. The summed E-state index contributed by atoms with van der Waals surface area (Å²) in [5.74, 6) is 0. The van der Waals surface area contributed by atoms with Crippen LogP contribution in [0.4, 0.5) is 4.79 Å². The van der Waals surface area contributed by atoms with Gasteiger partial charge >= 0.3 is 6.09 Å². The number of hydrogen-bond acceptors (Lipinski definition) is 2. The van der Waals surface area contributed by atoms with Crippen LogP contribution in [0.15, 0.2) is 22.7 Å². The Labute approximate surface area is 94.5 Å². The van der Waals surface area contributed by atoms with E-state index in [1.165, 1.54) is 0 Å². The fourth-order valence-electron chi connectivity index (χ4n) is 1.29. The monoisotopic (exact) mass is 275 g/mol. The van der Waals surface area contributed by atoms with E-state index in [2.05, 4.69) is 21.2 Å². The van der Waals surface area contributed by atoms with Crippen LogP contribution in [0.5, 0.6) is 0 Å². The lowest BCUT2D eigenvalue weighted by molar-refractivity contribution is 0.177. The molecule has 1 aliphatic heterocycles. The van der Waals surface area contributed by atoms with Crippen molar-refractivity contribution in [1.29, 1.82) is 0 Å². The van der Waals surface area contributed by atoms with Gasteiger partial charge in [0.25, 0.3) is 0 Å². The molecule has 2 rings (SSSR count). The second-order valence-corrected chi connectivity index (χ2v) is 4.23. The lowest BCUT2D eigenvalue weighted by Crippen LogP contribution is -2.18. The molecule has 1 amide bonds. The minimum absolute atomic E-state index is 0.0731. The third-order valence-corrected chi connectivity index (χ3v) is 3.23. The normalized spacial score (nSPS) is 20.4. The van der Waals surface area contributed by atoms with Crippen LogP contribution < -0.4 is 5.32 Å². The molecule has 14 heavy (non-hydrogen) atoms. The Kier molecular flexibility index (Phi) is 2.65. The molecule has 5 heteroatoms. The highest BCUT2D eigenvalue weighted by Crippen LogP contribution is 2.27. The van der Waals surface area contributed by atoms with Gasteiger partial charge in [-0.25, -0.2) is 4.79 Å². The van der Waals surface area contributed by atoms with Crippen LogP contribution in [0, 0.1) is 0 Å². The fourth-order valence-corrected chi connectivity index (χ4v) is 1.81.